The van der Waals surface area contributed by atoms with Gasteiger partial charge in [0.15, 0.2) is 11.5 Å². The highest BCUT2D eigenvalue weighted by atomic mass is 19.3. The van der Waals surface area contributed by atoms with E-state index in [0.29, 0.717) is 29.7 Å². The van der Waals surface area contributed by atoms with Crippen molar-refractivity contribution in [2.75, 3.05) is 11.9 Å². The second kappa shape index (κ2) is 8.16. The fraction of sp³-hybridized carbons (Fsp3) is 0.320. The molecule has 1 saturated carbocycles. The Morgan fingerprint density at radius 2 is 1.89 bits per heavy atom. The number of carbonyl (C=O) groups is 1. The van der Waals surface area contributed by atoms with Crippen molar-refractivity contribution in [2.24, 2.45) is 0 Å². The average Bonchev–Trinajstić information content (AvgIpc) is 3.54. The van der Waals surface area contributed by atoms with Crippen LogP contribution in [-0.4, -0.2) is 33.5 Å². The Morgan fingerprint density at radius 1 is 1.14 bits per heavy atom. The molecule has 2 aromatic heterocycles. The minimum Gasteiger partial charge on any atom is -0.395 e. The molecule has 0 saturated heterocycles. The first kappa shape index (κ1) is 23.0. The van der Waals surface area contributed by atoms with Gasteiger partial charge in [-0.25, -0.2) is 4.98 Å². The van der Waals surface area contributed by atoms with Crippen LogP contribution in [0, 0.1) is 13.8 Å². The molecule has 0 spiro atoms. The number of alkyl halides is 2. The topological polar surface area (TPSA) is 103 Å². The monoisotopic (exact) mass is 483 g/mol. The van der Waals surface area contributed by atoms with Crippen molar-refractivity contribution in [3.05, 3.63) is 69.6 Å². The number of amides is 1. The van der Waals surface area contributed by atoms with Crippen LogP contribution in [-0.2, 0) is 16.8 Å². The fourth-order valence-corrected chi connectivity index (χ4v) is 4.35. The molecule has 1 amide bonds. The van der Waals surface area contributed by atoms with Gasteiger partial charge in [0.05, 0.1) is 23.3 Å². The van der Waals surface area contributed by atoms with Crippen LogP contribution in [0.25, 0.3) is 11.3 Å². The molecule has 10 heteroatoms. The van der Waals surface area contributed by atoms with E-state index in [-0.39, 0.29) is 41.9 Å². The Bertz CT molecular complexity index is 1400. The van der Waals surface area contributed by atoms with Gasteiger partial charge in [0.1, 0.15) is 5.82 Å². The summed E-state index contributed by atoms with van der Waals surface area (Å²) >= 11 is 0. The highest BCUT2D eigenvalue weighted by Crippen LogP contribution is 2.52. The Morgan fingerprint density at radius 3 is 2.60 bits per heavy atom. The maximum Gasteiger partial charge on any atom is 0.586 e. The van der Waals surface area contributed by atoms with Crippen LogP contribution in [0.5, 0.6) is 11.5 Å². The van der Waals surface area contributed by atoms with Crippen LogP contribution in [0.2, 0.25) is 0 Å². The largest absolute Gasteiger partial charge is 0.586 e. The highest BCUT2D eigenvalue weighted by Gasteiger charge is 2.53. The summed E-state index contributed by atoms with van der Waals surface area (Å²) < 4.78 is 37.2. The number of aryl methyl sites for hydroxylation is 2. The molecule has 2 N–H and O–H groups in total. The molecule has 1 aromatic carbocycles. The van der Waals surface area contributed by atoms with Gasteiger partial charge in [-0.2, -0.15) is 0 Å². The SMILES string of the molecule is Cc1cc(-c2nc(NC(=O)C3(c4ccc5c(c4)OC(F)(F)O5)CC3)ccc2C)c(=O)n(CCO)c1. The maximum atomic E-state index is 13.4. The maximum absolute atomic E-state index is 13.4. The van der Waals surface area contributed by atoms with Gasteiger partial charge < -0.3 is 24.5 Å². The number of ether oxygens (including phenoxy) is 2. The lowest BCUT2D eigenvalue weighted by Crippen LogP contribution is -2.28. The first-order valence-electron chi connectivity index (χ1n) is 11.1. The third-order valence-electron chi connectivity index (χ3n) is 6.30. The zero-order valence-corrected chi connectivity index (χ0v) is 19.1. The lowest BCUT2D eigenvalue weighted by molar-refractivity contribution is -0.286. The lowest BCUT2D eigenvalue weighted by atomic mass is 9.94. The number of pyridine rings is 2. The summed E-state index contributed by atoms with van der Waals surface area (Å²) in [5.74, 6) is -0.248. The first-order valence-corrected chi connectivity index (χ1v) is 11.1. The van der Waals surface area contributed by atoms with Crippen molar-refractivity contribution < 1.29 is 28.2 Å². The van der Waals surface area contributed by atoms with Gasteiger partial charge in [0.25, 0.3) is 5.56 Å². The van der Waals surface area contributed by atoms with Crippen LogP contribution in [0.15, 0.2) is 47.4 Å². The summed E-state index contributed by atoms with van der Waals surface area (Å²) in [7, 11) is 0. The number of aliphatic hydroxyl groups excluding tert-OH is 1. The number of aliphatic hydroxyl groups is 1. The molecule has 0 unspecified atom stereocenters. The van der Waals surface area contributed by atoms with Crippen LogP contribution < -0.4 is 20.3 Å². The summed E-state index contributed by atoms with van der Waals surface area (Å²) in [6, 6.07) is 9.50. The molecular weight excluding hydrogens is 460 g/mol. The number of rotatable bonds is 6. The minimum absolute atomic E-state index is 0.0789. The third kappa shape index (κ3) is 4.14. The van der Waals surface area contributed by atoms with Gasteiger partial charge in [-0.05, 0) is 67.6 Å². The van der Waals surface area contributed by atoms with Gasteiger partial charge >= 0.3 is 6.29 Å². The quantitative estimate of drug-likeness (QED) is 0.556. The van der Waals surface area contributed by atoms with E-state index < -0.39 is 11.7 Å². The van der Waals surface area contributed by atoms with Gasteiger partial charge in [-0.1, -0.05) is 12.1 Å². The van der Waals surface area contributed by atoms with Crippen molar-refractivity contribution in [1.29, 1.82) is 0 Å². The van der Waals surface area contributed by atoms with Gasteiger partial charge in [0.2, 0.25) is 5.91 Å². The molecule has 8 nitrogen and oxygen atoms in total. The predicted octanol–water partition coefficient (Wildman–Crippen LogP) is 3.51. The molecule has 0 radical (unpaired) electrons. The van der Waals surface area contributed by atoms with Crippen molar-refractivity contribution in [3.8, 4) is 22.8 Å². The number of hydrogen-bond donors (Lipinski definition) is 2. The molecule has 2 aliphatic rings. The van der Waals surface area contributed by atoms with Crippen molar-refractivity contribution in [3.63, 3.8) is 0 Å². The minimum atomic E-state index is -3.73. The number of fused-ring (bicyclic) bond motifs is 1. The summed E-state index contributed by atoms with van der Waals surface area (Å²) in [6.45, 7) is 3.64. The summed E-state index contributed by atoms with van der Waals surface area (Å²) in [6.07, 6.45) is -0.983. The summed E-state index contributed by atoms with van der Waals surface area (Å²) in [5, 5.41) is 12.1. The van der Waals surface area contributed by atoms with Crippen molar-refractivity contribution >= 4 is 11.7 Å². The zero-order chi connectivity index (χ0) is 25.0. The summed E-state index contributed by atoms with van der Waals surface area (Å²) in [5.41, 5.74) is 1.74. The molecule has 35 heavy (non-hydrogen) atoms. The van der Waals surface area contributed by atoms with E-state index in [1.165, 1.54) is 16.7 Å². The van der Waals surface area contributed by atoms with Crippen molar-refractivity contribution in [1.82, 2.24) is 9.55 Å². The van der Waals surface area contributed by atoms with E-state index in [0.717, 1.165) is 11.1 Å². The number of halogens is 2. The van der Waals surface area contributed by atoms with E-state index in [2.05, 4.69) is 19.8 Å². The molecule has 3 heterocycles. The molecule has 3 aromatic rings. The molecule has 1 aliphatic carbocycles. The molecule has 1 aliphatic heterocycles. The lowest BCUT2D eigenvalue weighted by Gasteiger charge is -2.17. The second-order valence-corrected chi connectivity index (χ2v) is 8.88. The van der Waals surface area contributed by atoms with E-state index in [9.17, 15) is 23.5 Å². The number of nitrogens with one attached hydrogen (secondary N) is 1. The average molecular weight is 483 g/mol. The van der Waals surface area contributed by atoms with Crippen LogP contribution in [0.1, 0.15) is 29.5 Å². The Hall–Kier alpha value is -3.79. The Labute approximate surface area is 199 Å². The summed E-state index contributed by atoms with van der Waals surface area (Å²) in [4.78, 5) is 30.7. The predicted molar refractivity (Wildman–Crippen MR) is 123 cm³/mol. The fourth-order valence-electron chi connectivity index (χ4n) is 4.35. The number of carbonyl (C=O) groups excluding carboxylic acids is 1. The van der Waals surface area contributed by atoms with Crippen LogP contribution in [0.3, 0.4) is 0 Å². The van der Waals surface area contributed by atoms with Gasteiger partial charge in [0, 0.05) is 12.7 Å². The van der Waals surface area contributed by atoms with E-state index in [1.54, 1.807) is 30.5 Å². The number of aromatic nitrogens is 2. The van der Waals surface area contributed by atoms with Gasteiger partial charge in [-0.15, -0.1) is 8.78 Å². The third-order valence-corrected chi connectivity index (χ3v) is 6.30. The Kier molecular flexibility index (Phi) is 5.36. The zero-order valence-electron chi connectivity index (χ0n) is 19.1. The first-order chi connectivity index (χ1) is 16.6. The van der Waals surface area contributed by atoms with Crippen LogP contribution in [0.4, 0.5) is 14.6 Å². The number of anilines is 1. The standard InChI is InChI=1S/C25H23F2N3O5/c1-14-11-17(22(32)30(13-14)9-10-31)21-15(2)3-6-20(28-21)29-23(33)24(7-8-24)16-4-5-18-19(12-16)35-25(26,27)34-18/h3-6,11-13,31H,7-10H2,1-2H3,(H,28,29,33). The molecular formula is C25H23F2N3O5. The smallest absolute Gasteiger partial charge is 0.395 e. The second-order valence-electron chi connectivity index (χ2n) is 8.88. The molecule has 182 valence electrons. The van der Waals surface area contributed by atoms with E-state index in [4.69, 9.17) is 0 Å². The number of benzene rings is 1. The van der Waals surface area contributed by atoms with Gasteiger partial charge in [-0.3, -0.25) is 9.59 Å². The molecule has 0 atom stereocenters. The Balaban J connectivity index is 1.43. The van der Waals surface area contributed by atoms with Crippen molar-refractivity contribution in [2.45, 2.75) is 44.9 Å². The van der Waals surface area contributed by atoms with E-state index >= 15 is 0 Å². The van der Waals surface area contributed by atoms with E-state index in [1.807, 2.05) is 13.8 Å². The van der Waals surface area contributed by atoms with Crippen LogP contribution >= 0.6 is 0 Å². The molecule has 0 bridgehead atoms. The normalized spacial score (nSPS) is 16.7. The molecule has 1 fully saturated rings. The number of nitrogens with zero attached hydrogens (tertiary/aromatic N) is 2. The molecule has 5 rings (SSSR count). The number of hydrogen-bond acceptors (Lipinski definition) is 6. The highest BCUT2D eigenvalue weighted by molar-refractivity contribution is 6.01.